The van der Waals surface area contributed by atoms with Gasteiger partial charge in [-0.2, -0.15) is 0 Å². The van der Waals surface area contributed by atoms with E-state index in [4.69, 9.17) is 9.47 Å². The molecule has 0 atom stereocenters. The summed E-state index contributed by atoms with van der Waals surface area (Å²) < 4.78 is 11.1. The van der Waals surface area contributed by atoms with Crippen LogP contribution in [0.3, 0.4) is 0 Å². The molecule has 0 aliphatic carbocycles. The third-order valence-corrected chi connectivity index (χ3v) is 5.53. The van der Waals surface area contributed by atoms with Gasteiger partial charge in [0.1, 0.15) is 13.2 Å². The van der Waals surface area contributed by atoms with Crippen LogP contribution < -0.4 is 14.8 Å². The zero-order valence-electron chi connectivity index (χ0n) is 15.4. The van der Waals surface area contributed by atoms with E-state index in [-0.39, 0.29) is 5.91 Å². The van der Waals surface area contributed by atoms with Crippen LogP contribution >= 0.6 is 11.3 Å². The Morgan fingerprint density at radius 3 is 2.63 bits per heavy atom. The molecule has 144 valence electrons. The summed E-state index contributed by atoms with van der Waals surface area (Å²) in [7, 11) is 0. The van der Waals surface area contributed by atoms with Crippen LogP contribution in [0.1, 0.15) is 10.7 Å². The summed E-state index contributed by atoms with van der Waals surface area (Å²) in [6.45, 7) is 8.10. The number of carbonyl (C=O) groups is 1. The minimum atomic E-state index is -0.00439. The third-order valence-electron chi connectivity index (χ3n) is 4.71. The molecule has 0 saturated carbocycles. The van der Waals surface area contributed by atoms with Crippen molar-refractivity contribution in [2.75, 3.05) is 51.3 Å². The van der Waals surface area contributed by atoms with Crippen LogP contribution in [-0.4, -0.2) is 66.6 Å². The van der Waals surface area contributed by atoms with Crippen LogP contribution in [-0.2, 0) is 11.3 Å². The van der Waals surface area contributed by atoms with E-state index in [0.29, 0.717) is 25.5 Å². The van der Waals surface area contributed by atoms with E-state index in [1.807, 2.05) is 25.1 Å². The Hall–Kier alpha value is -2.16. The smallest absolute Gasteiger partial charge is 0.238 e. The number of ether oxygens (including phenoxy) is 2. The van der Waals surface area contributed by atoms with Crippen molar-refractivity contribution in [1.82, 2.24) is 14.8 Å². The predicted octanol–water partition coefficient (Wildman–Crippen LogP) is 1.98. The lowest BCUT2D eigenvalue weighted by Gasteiger charge is -2.33. The fourth-order valence-corrected chi connectivity index (χ4v) is 3.94. The van der Waals surface area contributed by atoms with Gasteiger partial charge in [-0.15, -0.1) is 11.3 Å². The second-order valence-electron chi connectivity index (χ2n) is 6.82. The second kappa shape index (κ2) is 8.24. The number of nitrogens with zero attached hydrogens (tertiary/aromatic N) is 3. The summed E-state index contributed by atoms with van der Waals surface area (Å²) in [5.74, 6) is 1.41. The highest BCUT2D eigenvalue weighted by molar-refractivity contribution is 7.09. The minimum Gasteiger partial charge on any atom is -0.486 e. The molecule has 2 aliphatic heterocycles. The molecule has 1 aromatic carbocycles. The van der Waals surface area contributed by atoms with E-state index in [1.54, 1.807) is 11.3 Å². The Balaban J connectivity index is 1.23. The lowest BCUT2D eigenvalue weighted by Crippen LogP contribution is -2.48. The van der Waals surface area contributed by atoms with Gasteiger partial charge in [-0.05, 0) is 19.1 Å². The normalized spacial score (nSPS) is 17.7. The van der Waals surface area contributed by atoms with E-state index >= 15 is 0 Å². The monoisotopic (exact) mass is 388 g/mol. The van der Waals surface area contributed by atoms with Crippen molar-refractivity contribution in [2.45, 2.75) is 13.5 Å². The van der Waals surface area contributed by atoms with Gasteiger partial charge < -0.3 is 14.8 Å². The molecule has 2 aromatic rings. The molecular weight excluding hydrogens is 364 g/mol. The van der Waals surface area contributed by atoms with E-state index in [1.165, 1.54) is 0 Å². The number of rotatable bonds is 5. The summed E-state index contributed by atoms with van der Waals surface area (Å²) in [5.41, 5.74) is 1.88. The maximum Gasteiger partial charge on any atom is 0.238 e. The van der Waals surface area contributed by atoms with Gasteiger partial charge in [0.15, 0.2) is 11.5 Å². The first kappa shape index (κ1) is 18.2. The number of aromatic nitrogens is 1. The van der Waals surface area contributed by atoms with Crippen molar-refractivity contribution >= 4 is 22.9 Å². The van der Waals surface area contributed by atoms with E-state index in [9.17, 15) is 4.79 Å². The molecule has 3 heterocycles. The standard InChI is InChI=1S/C19H24N4O3S/c1-14-20-16(13-27-14)11-22-4-6-23(7-5-22)12-19(24)21-15-2-3-17-18(10-15)26-9-8-25-17/h2-3,10,13H,4-9,11-12H2,1H3,(H,21,24). The zero-order valence-corrected chi connectivity index (χ0v) is 16.3. The SMILES string of the molecule is Cc1nc(CN2CCN(CC(=O)Nc3ccc4c(c3)OCCO4)CC2)cs1. The molecule has 2 aliphatic rings. The summed E-state index contributed by atoms with van der Waals surface area (Å²) >= 11 is 1.69. The second-order valence-corrected chi connectivity index (χ2v) is 7.88. The Morgan fingerprint density at radius 1 is 1.15 bits per heavy atom. The highest BCUT2D eigenvalue weighted by Crippen LogP contribution is 2.32. The maximum absolute atomic E-state index is 12.4. The van der Waals surface area contributed by atoms with Gasteiger partial charge in [-0.25, -0.2) is 4.98 Å². The number of fused-ring (bicyclic) bond motifs is 1. The molecule has 4 rings (SSSR count). The quantitative estimate of drug-likeness (QED) is 0.845. The largest absolute Gasteiger partial charge is 0.486 e. The van der Waals surface area contributed by atoms with Crippen molar-refractivity contribution in [2.24, 2.45) is 0 Å². The number of piperazine rings is 1. The first-order valence-corrected chi connectivity index (χ1v) is 10.1. The van der Waals surface area contributed by atoms with Gasteiger partial charge in [0.25, 0.3) is 0 Å². The molecule has 1 amide bonds. The molecule has 0 unspecified atom stereocenters. The number of anilines is 1. The van der Waals surface area contributed by atoms with Gasteiger partial charge in [-0.3, -0.25) is 14.6 Å². The summed E-state index contributed by atoms with van der Waals surface area (Å²) in [4.78, 5) is 21.5. The number of hydrogen-bond donors (Lipinski definition) is 1. The Kier molecular flexibility index (Phi) is 5.56. The predicted molar refractivity (Wildman–Crippen MR) is 105 cm³/mol. The Labute approximate surface area is 162 Å². The summed E-state index contributed by atoms with van der Waals surface area (Å²) in [6.07, 6.45) is 0. The molecule has 0 bridgehead atoms. The van der Waals surface area contributed by atoms with E-state index < -0.39 is 0 Å². The minimum absolute atomic E-state index is 0.00439. The fraction of sp³-hybridized carbons (Fsp3) is 0.474. The van der Waals surface area contributed by atoms with Crippen molar-refractivity contribution in [1.29, 1.82) is 0 Å². The summed E-state index contributed by atoms with van der Waals surface area (Å²) in [5, 5.41) is 6.19. The van der Waals surface area contributed by atoms with Crippen LogP contribution in [0.25, 0.3) is 0 Å². The van der Waals surface area contributed by atoms with Gasteiger partial charge in [0.05, 0.1) is 17.2 Å². The number of amides is 1. The average Bonchev–Trinajstić information content (AvgIpc) is 3.08. The van der Waals surface area contributed by atoms with Gasteiger partial charge in [0, 0.05) is 49.9 Å². The molecule has 1 fully saturated rings. The van der Waals surface area contributed by atoms with E-state index in [2.05, 4.69) is 25.5 Å². The van der Waals surface area contributed by atoms with Gasteiger partial charge in [0.2, 0.25) is 5.91 Å². The van der Waals surface area contributed by atoms with Crippen molar-refractivity contribution in [3.05, 3.63) is 34.3 Å². The molecule has 27 heavy (non-hydrogen) atoms. The average molecular weight is 388 g/mol. The van der Waals surface area contributed by atoms with Crippen LogP contribution in [0, 0.1) is 6.92 Å². The number of benzene rings is 1. The number of nitrogens with one attached hydrogen (secondary N) is 1. The Morgan fingerprint density at radius 2 is 1.89 bits per heavy atom. The van der Waals surface area contributed by atoms with Crippen LogP contribution in [0.5, 0.6) is 11.5 Å². The summed E-state index contributed by atoms with van der Waals surface area (Å²) in [6, 6.07) is 5.50. The van der Waals surface area contributed by atoms with Gasteiger partial charge in [-0.1, -0.05) is 0 Å². The number of aryl methyl sites for hydroxylation is 1. The molecule has 0 radical (unpaired) electrons. The lowest BCUT2D eigenvalue weighted by atomic mass is 10.2. The third kappa shape index (κ3) is 4.77. The maximum atomic E-state index is 12.4. The highest BCUT2D eigenvalue weighted by atomic mass is 32.1. The molecule has 1 N–H and O–H groups in total. The molecule has 1 saturated heterocycles. The van der Waals surface area contributed by atoms with E-state index in [0.717, 1.165) is 54.9 Å². The molecule has 1 aromatic heterocycles. The van der Waals surface area contributed by atoms with Gasteiger partial charge >= 0.3 is 0 Å². The van der Waals surface area contributed by atoms with Crippen LogP contribution in [0.4, 0.5) is 5.69 Å². The lowest BCUT2D eigenvalue weighted by molar-refractivity contribution is -0.117. The number of thiazole rings is 1. The number of hydrogen-bond acceptors (Lipinski definition) is 7. The van der Waals surface area contributed by atoms with Crippen LogP contribution in [0.15, 0.2) is 23.6 Å². The Bertz CT molecular complexity index is 802. The number of carbonyl (C=O) groups excluding carboxylic acids is 1. The molecular formula is C19H24N4O3S. The molecule has 0 spiro atoms. The van der Waals surface area contributed by atoms with Crippen molar-refractivity contribution in [3.8, 4) is 11.5 Å². The van der Waals surface area contributed by atoms with Crippen LogP contribution in [0.2, 0.25) is 0 Å². The van der Waals surface area contributed by atoms with Crippen molar-refractivity contribution < 1.29 is 14.3 Å². The first-order valence-electron chi connectivity index (χ1n) is 9.21. The first-order chi connectivity index (χ1) is 13.2. The fourth-order valence-electron chi connectivity index (χ4n) is 3.34. The van der Waals surface area contributed by atoms with Crippen molar-refractivity contribution in [3.63, 3.8) is 0 Å². The topological polar surface area (TPSA) is 66.9 Å². The molecule has 8 heteroatoms. The zero-order chi connectivity index (χ0) is 18.6. The highest BCUT2D eigenvalue weighted by Gasteiger charge is 2.20. The molecule has 7 nitrogen and oxygen atoms in total.